The van der Waals surface area contributed by atoms with E-state index in [4.69, 9.17) is 26.2 Å². The molecule has 0 spiro atoms. The minimum atomic E-state index is -1.73. The van der Waals surface area contributed by atoms with Crippen LogP contribution in [0, 0.1) is 5.92 Å². The Morgan fingerprint density at radius 2 is 1.16 bits per heavy atom. The molecule has 17 nitrogen and oxygen atoms in total. The van der Waals surface area contributed by atoms with Crippen molar-refractivity contribution in [3.63, 3.8) is 0 Å². The van der Waals surface area contributed by atoms with Gasteiger partial charge < -0.3 is 35.4 Å². The number of aliphatic hydroxyl groups excluding tert-OH is 3. The van der Waals surface area contributed by atoms with Crippen LogP contribution in [0.4, 0.5) is 20.4 Å². The van der Waals surface area contributed by atoms with Gasteiger partial charge in [-0.15, -0.1) is 0 Å². The number of imidazole rings is 2. The first-order valence-corrected chi connectivity index (χ1v) is 23.9. The maximum atomic E-state index is 14.7. The Labute approximate surface area is 381 Å². The van der Waals surface area contributed by atoms with Crippen molar-refractivity contribution in [3.05, 3.63) is 97.1 Å². The number of carbonyl (C=O) groups is 2. The lowest BCUT2D eigenvalue weighted by Crippen LogP contribution is -2.29. The first kappa shape index (κ1) is 45.2. The highest BCUT2D eigenvalue weighted by Crippen LogP contribution is 2.39. The number of fused-ring (bicyclic) bond motifs is 2. The van der Waals surface area contributed by atoms with Gasteiger partial charge in [-0.1, -0.05) is 77.2 Å². The van der Waals surface area contributed by atoms with Crippen molar-refractivity contribution in [2.24, 2.45) is 5.92 Å². The number of benzene rings is 2. The third kappa shape index (κ3) is 11.9. The van der Waals surface area contributed by atoms with Crippen LogP contribution >= 0.6 is 11.1 Å². The zero-order chi connectivity index (χ0) is 50.3. The molecule has 5 N–H and O–H groups in total. The minimum absolute atomic E-state index is 0.0158. The van der Waals surface area contributed by atoms with Crippen molar-refractivity contribution < 1.29 is 45.9 Å². The smallest absolute Gasteiger partial charge is 0.256 e. The SMILES string of the molecule is CC(C)(C)[Si](C)(C)Cl.[2H]C[C@H]1OC(n2cnc3c(NC(=O)c4ccccc4)ncnc32)[C@H](F)[C@@H]1C.[2H]C[C@H]1OC(n2cnc3c(NC(=O)c4ccccc4)ncnc32)[C@H](F)[C@@H]1O.[3H]OC.[3H]OC. The van der Waals surface area contributed by atoms with Crippen LogP contribution in [0.1, 0.15) is 77.4 Å². The molecule has 64 heavy (non-hydrogen) atoms. The van der Waals surface area contributed by atoms with Crippen LogP contribution in [0.3, 0.4) is 0 Å². The lowest BCUT2D eigenvalue weighted by Gasteiger charge is -2.29. The Bertz CT molecular complexity index is 2340. The van der Waals surface area contributed by atoms with Gasteiger partial charge in [0.2, 0.25) is 2.86 Å². The Morgan fingerprint density at radius 3 is 1.52 bits per heavy atom. The normalized spacial score (nSPS) is 23.5. The van der Waals surface area contributed by atoms with Gasteiger partial charge in [0.1, 0.15) is 18.8 Å². The molecule has 2 aliphatic heterocycles. The van der Waals surface area contributed by atoms with E-state index in [0.29, 0.717) is 27.3 Å². The van der Waals surface area contributed by atoms with Gasteiger partial charge in [-0.25, -0.2) is 38.7 Å². The molecule has 21 heteroatoms. The lowest BCUT2D eigenvalue weighted by atomic mass is 10.0. The van der Waals surface area contributed by atoms with Gasteiger partial charge in [0.25, 0.3) is 11.8 Å². The number of carbonyl (C=O) groups excluding carboxylic acids is 2. The maximum Gasteiger partial charge on any atom is 0.256 e. The summed E-state index contributed by atoms with van der Waals surface area (Å²) in [4.78, 5) is 49.6. The molecule has 8 rings (SSSR count). The Morgan fingerprint density at radius 1 is 0.766 bits per heavy atom. The molecule has 2 saturated heterocycles. The van der Waals surface area contributed by atoms with E-state index >= 15 is 0 Å². The molecular weight excluding hydrogens is 870 g/mol. The summed E-state index contributed by atoms with van der Waals surface area (Å²) < 4.78 is 69.3. The molecular formula is C43H57ClF2N10O7Si. The van der Waals surface area contributed by atoms with Crippen molar-refractivity contribution in [2.45, 2.75) is 103 Å². The van der Waals surface area contributed by atoms with E-state index in [1.54, 1.807) is 61.5 Å². The molecule has 2 aliphatic rings. The zero-order valence-electron chi connectivity index (χ0n) is 40.7. The fraction of sp³-hybridized carbons (Fsp3) is 0.442. The third-order valence-electron chi connectivity index (χ3n) is 10.6. The number of nitrogens with one attached hydrogen (secondary N) is 2. The fourth-order valence-corrected chi connectivity index (χ4v) is 5.79. The van der Waals surface area contributed by atoms with Crippen molar-refractivity contribution in [1.29, 1.82) is 2.86 Å². The summed E-state index contributed by atoms with van der Waals surface area (Å²) >= 11 is 6.15. The number of hydrogen-bond acceptors (Lipinski definition) is 13. The standard InChI is InChI=1S/C18H18FN5O2.C17H16FN5O3.C6H15ClSi.2CH4O/c1-10-11(2)26-18(13(10)19)24-9-22-14-15(20-8-21-16(14)24)23-17(25)12-6-4-3-5-7-12;1-9-13(24)11(18)17(26-9)23-8-21-12-14(19-7-20-15(12)23)22-16(25)10-5-3-2-4-6-10;1-6(2,3)8(4,5)7;2*1-2/h3-11,13,18H,1-2H3,(H,20,21,23,25);2-9,11,13,17,24H,1H3,(H,19,20,22,25);1-5H3;2*2H,1H3/t10-,11-,13-,18?;9-,11-,13-,17?;;;/m11.../s1/i2D;1D;;2*2T. The average molecular weight is 934 g/mol. The molecule has 0 radical (unpaired) electrons. The van der Waals surface area contributed by atoms with Gasteiger partial charge in [0.05, 0.1) is 24.9 Å². The summed E-state index contributed by atoms with van der Waals surface area (Å²) in [6, 6.07) is 17.3. The van der Waals surface area contributed by atoms with Gasteiger partial charge in [0.15, 0.2) is 66.1 Å². The van der Waals surface area contributed by atoms with Gasteiger partial charge in [0, 0.05) is 34.0 Å². The molecule has 0 bridgehead atoms. The molecule has 4 aromatic heterocycles. The Balaban J connectivity index is 0.000000233. The monoisotopic (exact) mass is 932 g/mol. The van der Waals surface area contributed by atoms with E-state index in [1.165, 1.54) is 48.7 Å². The van der Waals surface area contributed by atoms with Gasteiger partial charge in [-0.3, -0.25) is 18.7 Å². The summed E-state index contributed by atoms with van der Waals surface area (Å²) in [6.45, 7) is 12.4. The number of halogens is 3. The van der Waals surface area contributed by atoms with Crippen molar-refractivity contribution in [2.75, 3.05) is 24.9 Å². The number of ether oxygens (including phenoxy) is 2. The number of amides is 2. The first-order chi connectivity index (χ1) is 32.3. The predicted octanol–water partition coefficient (Wildman–Crippen LogP) is 7.11. The van der Waals surface area contributed by atoms with Crippen LogP contribution in [-0.2, 0) is 9.47 Å². The van der Waals surface area contributed by atoms with Crippen LogP contribution in [0.2, 0.25) is 18.1 Å². The van der Waals surface area contributed by atoms with Gasteiger partial charge in [-0.05, 0) is 43.1 Å². The van der Waals surface area contributed by atoms with E-state index in [2.05, 4.69) is 84.6 Å². The van der Waals surface area contributed by atoms with E-state index in [9.17, 15) is 23.5 Å². The number of nitrogens with zero attached hydrogens (tertiary/aromatic N) is 8. The van der Waals surface area contributed by atoms with E-state index in [0.717, 1.165) is 0 Å². The summed E-state index contributed by atoms with van der Waals surface area (Å²) in [7, 11) is 1.20. The zero-order valence-corrected chi connectivity index (χ0v) is 38.5. The quantitative estimate of drug-likeness (QED) is 0.0831. The fourth-order valence-electron chi connectivity index (χ4n) is 5.79. The van der Waals surface area contributed by atoms with Crippen LogP contribution in [0.15, 0.2) is 86.0 Å². The Hall–Kier alpha value is -5.35. The molecule has 0 aliphatic carbocycles. The highest BCUT2D eigenvalue weighted by Gasteiger charge is 2.44. The van der Waals surface area contributed by atoms with Gasteiger partial charge in [-0.2, -0.15) is 11.1 Å². The molecule has 2 aromatic carbocycles. The number of anilines is 2. The molecule has 2 amide bonds. The summed E-state index contributed by atoms with van der Waals surface area (Å²) in [6.07, 6.45) is -2.64. The topological polar surface area (TPSA) is 225 Å². The van der Waals surface area contributed by atoms with Crippen LogP contribution < -0.4 is 10.6 Å². The first-order valence-electron chi connectivity index (χ1n) is 22.1. The summed E-state index contributed by atoms with van der Waals surface area (Å²) in [5.74, 6) is -0.669. The molecule has 8 atom stereocenters. The minimum Gasteiger partial charge on any atom is -0.400 e. The number of aliphatic hydroxyl groups is 3. The molecule has 346 valence electrons. The second-order valence-electron chi connectivity index (χ2n) is 15.8. The van der Waals surface area contributed by atoms with Crippen LogP contribution in [0.25, 0.3) is 22.3 Å². The second kappa shape index (κ2) is 22.5. The summed E-state index contributed by atoms with van der Waals surface area (Å²) in [5.41, 5.74) is 2.16. The molecule has 6 aromatic rings. The lowest BCUT2D eigenvalue weighted by molar-refractivity contribution is -0.0137. The second-order valence-corrected chi connectivity index (χ2v) is 23.1. The van der Waals surface area contributed by atoms with Gasteiger partial charge >= 0.3 is 0 Å². The average Bonchev–Trinajstić information content (AvgIpc) is 4.08. The van der Waals surface area contributed by atoms with Crippen LogP contribution in [0.5, 0.6) is 0 Å². The van der Waals surface area contributed by atoms with E-state index in [1.807, 2.05) is 6.07 Å². The number of alkyl halides is 2. The Kier molecular flexibility index (Phi) is 15.9. The van der Waals surface area contributed by atoms with Crippen LogP contribution in [-0.4, -0.2) is 121 Å². The van der Waals surface area contributed by atoms with E-state index in [-0.39, 0.29) is 48.4 Å². The van der Waals surface area contributed by atoms with E-state index < -0.39 is 56.4 Å². The molecule has 0 saturated carbocycles. The highest BCUT2D eigenvalue weighted by atomic mass is 35.6. The number of aromatic nitrogens is 8. The third-order valence-corrected chi connectivity index (χ3v) is 15.8. The van der Waals surface area contributed by atoms with Crippen molar-refractivity contribution >= 4 is 64.2 Å². The molecule has 2 fully saturated rings. The molecule has 6 heterocycles. The largest absolute Gasteiger partial charge is 0.400 e. The predicted molar refractivity (Wildman–Crippen MR) is 243 cm³/mol. The van der Waals surface area contributed by atoms with Crippen molar-refractivity contribution in [3.8, 4) is 0 Å². The number of hydrogen-bond donors (Lipinski definition) is 5. The number of rotatable bonds is 6. The highest BCUT2D eigenvalue weighted by molar-refractivity contribution is 7.20. The summed E-state index contributed by atoms with van der Waals surface area (Å²) in [5, 5.41) is 22.6. The molecule has 2 unspecified atom stereocenters. The van der Waals surface area contributed by atoms with Crippen molar-refractivity contribution in [1.82, 2.24) is 39.0 Å². The maximum absolute atomic E-state index is 14.7.